The lowest BCUT2D eigenvalue weighted by molar-refractivity contribution is -0.0591. The highest BCUT2D eigenvalue weighted by atomic mass is 19.4. The van der Waals surface area contributed by atoms with Gasteiger partial charge >= 0.3 is 6.18 Å². The molecule has 0 atom stereocenters. The Balaban J connectivity index is 2.04. The number of H-pyrrole nitrogens is 1. The van der Waals surface area contributed by atoms with Crippen molar-refractivity contribution in [3.63, 3.8) is 0 Å². The summed E-state index contributed by atoms with van der Waals surface area (Å²) in [7, 11) is 1.58. The van der Waals surface area contributed by atoms with Gasteiger partial charge in [0.15, 0.2) is 0 Å². The van der Waals surface area contributed by atoms with E-state index in [9.17, 15) is 13.2 Å². The van der Waals surface area contributed by atoms with Crippen molar-refractivity contribution in [1.29, 1.82) is 0 Å². The van der Waals surface area contributed by atoms with E-state index in [4.69, 9.17) is 9.47 Å². The molecular weight excluding hydrogens is 369 g/mol. The molecule has 0 aliphatic rings. The summed E-state index contributed by atoms with van der Waals surface area (Å²) >= 11 is 0. The minimum atomic E-state index is -4.48. The van der Waals surface area contributed by atoms with Crippen LogP contribution in [0.15, 0.2) is 53.5 Å². The van der Waals surface area contributed by atoms with Crippen molar-refractivity contribution in [1.82, 2.24) is 4.98 Å². The molecule has 0 saturated carbocycles. The fourth-order valence-electron chi connectivity index (χ4n) is 2.81. The molecule has 1 N–H and O–H groups in total. The van der Waals surface area contributed by atoms with E-state index in [0.717, 1.165) is 29.1 Å². The zero-order valence-electron chi connectivity index (χ0n) is 15.6. The van der Waals surface area contributed by atoms with Crippen LogP contribution in [0.25, 0.3) is 22.2 Å². The van der Waals surface area contributed by atoms with Gasteiger partial charge in [-0.15, -0.1) is 0 Å². The van der Waals surface area contributed by atoms with Gasteiger partial charge in [-0.2, -0.15) is 13.2 Å². The Labute approximate surface area is 161 Å². The zero-order chi connectivity index (χ0) is 20.1. The first kappa shape index (κ1) is 20.1. The Hall–Kier alpha value is -2.64. The first-order valence-corrected chi connectivity index (χ1v) is 8.78. The van der Waals surface area contributed by atoms with Gasteiger partial charge in [-0.25, -0.2) is 4.99 Å². The number of rotatable bonds is 7. The van der Waals surface area contributed by atoms with Crippen molar-refractivity contribution in [3.8, 4) is 11.3 Å². The minimum absolute atomic E-state index is 0.236. The maximum Gasteiger partial charge on any atom is 0.429 e. The standard InChI is InChI=1S/C21H21F3N2O2/c1-14(21(22,23)24)25-19-11-15(13-28-9-8-27-2)10-17-12-18(26-20(17)19)16-6-4-3-5-7-16/h3-7,10-12,26H,8-9,13H2,1-2H3/b25-14+. The molecule has 0 spiro atoms. The average molecular weight is 390 g/mol. The van der Waals surface area contributed by atoms with Crippen LogP contribution < -0.4 is 0 Å². The number of aromatic amines is 1. The molecule has 1 aromatic heterocycles. The summed E-state index contributed by atoms with van der Waals surface area (Å²) in [5.74, 6) is 0. The number of methoxy groups -OCH3 is 1. The van der Waals surface area contributed by atoms with Crippen LogP contribution in [0.2, 0.25) is 0 Å². The van der Waals surface area contributed by atoms with Crippen LogP contribution in [-0.2, 0) is 16.1 Å². The summed E-state index contributed by atoms with van der Waals surface area (Å²) in [4.78, 5) is 7.06. The number of nitrogens with zero attached hydrogens (tertiary/aromatic N) is 1. The lowest BCUT2D eigenvalue weighted by Gasteiger charge is -2.09. The largest absolute Gasteiger partial charge is 0.429 e. The molecule has 0 fully saturated rings. The first-order valence-electron chi connectivity index (χ1n) is 8.78. The highest BCUT2D eigenvalue weighted by molar-refractivity contribution is 5.98. The third-order valence-corrected chi connectivity index (χ3v) is 4.25. The molecule has 0 saturated heterocycles. The number of nitrogens with one attached hydrogen (secondary N) is 1. The fraction of sp³-hybridized carbons (Fsp3) is 0.286. The van der Waals surface area contributed by atoms with Crippen molar-refractivity contribution in [2.75, 3.05) is 20.3 Å². The molecule has 3 aromatic rings. The van der Waals surface area contributed by atoms with Crippen LogP contribution in [0.1, 0.15) is 12.5 Å². The Morgan fingerprint density at radius 1 is 1.07 bits per heavy atom. The predicted octanol–water partition coefficient (Wildman–Crippen LogP) is 5.65. The summed E-state index contributed by atoms with van der Waals surface area (Å²) in [6.07, 6.45) is -4.48. The molecular formula is C21H21F3N2O2. The monoisotopic (exact) mass is 390 g/mol. The van der Waals surface area contributed by atoms with Gasteiger partial charge < -0.3 is 14.5 Å². The second-order valence-corrected chi connectivity index (χ2v) is 6.37. The molecule has 0 aliphatic heterocycles. The van der Waals surface area contributed by atoms with E-state index in [1.165, 1.54) is 0 Å². The summed E-state index contributed by atoms with van der Waals surface area (Å²) < 4.78 is 49.5. The Kier molecular flexibility index (Phi) is 6.16. The van der Waals surface area contributed by atoms with Gasteiger partial charge in [0.05, 0.1) is 31.0 Å². The number of ether oxygens (including phenoxy) is 2. The van der Waals surface area contributed by atoms with Crippen LogP contribution in [0, 0.1) is 0 Å². The number of alkyl halides is 3. The molecule has 4 nitrogen and oxygen atoms in total. The molecule has 1 heterocycles. The molecule has 148 valence electrons. The van der Waals surface area contributed by atoms with E-state index in [2.05, 4.69) is 9.98 Å². The van der Waals surface area contributed by atoms with Crippen LogP contribution in [0.3, 0.4) is 0 Å². The number of aliphatic imine (C=N–C) groups is 1. The summed E-state index contributed by atoms with van der Waals surface area (Å²) in [6.45, 7) is 2.08. The van der Waals surface area contributed by atoms with E-state index in [1.54, 1.807) is 13.2 Å². The Morgan fingerprint density at radius 2 is 1.82 bits per heavy atom. The maximum atomic E-state index is 13.0. The smallest absolute Gasteiger partial charge is 0.382 e. The number of halogens is 3. The quantitative estimate of drug-likeness (QED) is 0.418. The van der Waals surface area contributed by atoms with Gasteiger partial charge in [-0.3, -0.25) is 0 Å². The van der Waals surface area contributed by atoms with Crippen LogP contribution in [0.4, 0.5) is 18.9 Å². The number of hydrogen-bond donors (Lipinski definition) is 1. The van der Waals surface area contributed by atoms with E-state index < -0.39 is 11.9 Å². The number of hydrogen-bond acceptors (Lipinski definition) is 3. The molecule has 0 bridgehead atoms. The van der Waals surface area contributed by atoms with Crippen molar-refractivity contribution in [2.24, 2.45) is 4.99 Å². The number of fused-ring (bicyclic) bond motifs is 1. The maximum absolute atomic E-state index is 13.0. The second-order valence-electron chi connectivity index (χ2n) is 6.37. The van der Waals surface area contributed by atoms with Gasteiger partial charge in [0.1, 0.15) is 5.71 Å². The Bertz CT molecular complexity index is 963. The first-order chi connectivity index (χ1) is 13.4. The van der Waals surface area contributed by atoms with Gasteiger partial charge in [-0.1, -0.05) is 30.3 Å². The van der Waals surface area contributed by atoms with E-state index in [1.807, 2.05) is 42.5 Å². The SMILES string of the molecule is COCCOCc1cc(/N=C(\C)C(F)(F)F)c2[nH]c(-c3ccccc3)cc2c1. The molecule has 7 heteroatoms. The third kappa shape index (κ3) is 4.79. The predicted molar refractivity (Wildman–Crippen MR) is 104 cm³/mol. The fourth-order valence-corrected chi connectivity index (χ4v) is 2.81. The lowest BCUT2D eigenvalue weighted by Crippen LogP contribution is -2.18. The van der Waals surface area contributed by atoms with Gasteiger partial charge in [-0.05, 0) is 36.2 Å². The highest BCUT2D eigenvalue weighted by Gasteiger charge is 2.32. The summed E-state index contributed by atoms with van der Waals surface area (Å²) in [5.41, 5.74) is 2.40. The highest BCUT2D eigenvalue weighted by Crippen LogP contribution is 2.33. The van der Waals surface area contributed by atoms with Crippen molar-refractivity contribution >= 4 is 22.3 Å². The Morgan fingerprint density at radius 3 is 2.50 bits per heavy atom. The van der Waals surface area contributed by atoms with Gasteiger partial charge in [0, 0.05) is 18.2 Å². The molecule has 0 aliphatic carbocycles. The van der Waals surface area contributed by atoms with Crippen LogP contribution in [-0.4, -0.2) is 37.2 Å². The van der Waals surface area contributed by atoms with E-state index in [-0.39, 0.29) is 12.3 Å². The second kappa shape index (κ2) is 8.58. The van der Waals surface area contributed by atoms with Crippen molar-refractivity contribution in [2.45, 2.75) is 19.7 Å². The van der Waals surface area contributed by atoms with Crippen LogP contribution >= 0.6 is 0 Å². The van der Waals surface area contributed by atoms with E-state index >= 15 is 0 Å². The molecule has 3 rings (SSSR count). The molecule has 2 aromatic carbocycles. The third-order valence-electron chi connectivity index (χ3n) is 4.25. The summed E-state index contributed by atoms with van der Waals surface area (Å²) in [5, 5.41) is 0.778. The molecule has 28 heavy (non-hydrogen) atoms. The van der Waals surface area contributed by atoms with Crippen molar-refractivity contribution in [3.05, 3.63) is 54.1 Å². The van der Waals surface area contributed by atoms with E-state index in [0.29, 0.717) is 18.7 Å². The topological polar surface area (TPSA) is 46.6 Å². The van der Waals surface area contributed by atoms with Crippen molar-refractivity contribution < 1.29 is 22.6 Å². The molecule has 0 unspecified atom stereocenters. The number of aromatic nitrogens is 1. The minimum Gasteiger partial charge on any atom is -0.382 e. The summed E-state index contributed by atoms with van der Waals surface area (Å²) in [6, 6.07) is 15.0. The molecule has 0 radical (unpaired) electrons. The van der Waals surface area contributed by atoms with Crippen LogP contribution in [0.5, 0.6) is 0 Å². The molecule has 0 amide bonds. The van der Waals surface area contributed by atoms with Gasteiger partial charge in [0.2, 0.25) is 0 Å². The lowest BCUT2D eigenvalue weighted by atomic mass is 10.1. The normalized spacial score (nSPS) is 12.7. The van der Waals surface area contributed by atoms with Gasteiger partial charge in [0.25, 0.3) is 0 Å². The zero-order valence-corrected chi connectivity index (χ0v) is 15.6. The number of benzene rings is 2. The average Bonchev–Trinajstić information content (AvgIpc) is 3.10.